The molecule has 11 heteroatoms. The molecule has 0 saturated carbocycles. The molecular formula is C19H16N6O3S2. The van der Waals surface area contributed by atoms with Crippen molar-refractivity contribution in [3.63, 3.8) is 0 Å². The number of aromatic nitrogens is 2. The Morgan fingerprint density at radius 2 is 1.80 bits per heavy atom. The lowest BCUT2D eigenvalue weighted by Crippen LogP contribution is -2.12. The molecule has 152 valence electrons. The summed E-state index contributed by atoms with van der Waals surface area (Å²) in [6.45, 7) is 1.73. The van der Waals surface area contributed by atoms with Gasteiger partial charge < -0.3 is 9.84 Å². The summed E-state index contributed by atoms with van der Waals surface area (Å²) in [6, 6.07) is 15.5. The Morgan fingerprint density at radius 3 is 2.50 bits per heavy atom. The van der Waals surface area contributed by atoms with Crippen LogP contribution in [0.25, 0.3) is 0 Å². The van der Waals surface area contributed by atoms with Crippen LogP contribution in [0.3, 0.4) is 0 Å². The fraction of sp³-hybridized carbons (Fsp3) is 0.0526. The summed E-state index contributed by atoms with van der Waals surface area (Å²) in [5.74, 6) is 0.943. The van der Waals surface area contributed by atoms with Crippen molar-refractivity contribution in [1.82, 2.24) is 10.1 Å². The molecule has 2 heterocycles. The lowest BCUT2D eigenvalue weighted by atomic mass is 10.3. The van der Waals surface area contributed by atoms with Gasteiger partial charge in [0.25, 0.3) is 10.0 Å². The summed E-state index contributed by atoms with van der Waals surface area (Å²) < 4.78 is 32.4. The minimum absolute atomic E-state index is 0.101. The Bertz CT molecular complexity index is 1250. The number of hydrogen-bond acceptors (Lipinski definition) is 9. The van der Waals surface area contributed by atoms with E-state index in [9.17, 15) is 8.42 Å². The zero-order chi connectivity index (χ0) is 21.0. The molecule has 0 atom stereocenters. The SMILES string of the molecule is Cc1onc(Nc2ccccc2)c1N=Nc1ccc(S(=O)(=O)Nc2nccs2)cc1. The number of thiazole rings is 1. The smallest absolute Gasteiger partial charge is 0.263 e. The summed E-state index contributed by atoms with van der Waals surface area (Å²) in [5.41, 5.74) is 1.78. The fourth-order valence-corrected chi connectivity index (χ4v) is 4.26. The number of nitrogens with one attached hydrogen (secondary N) is 2. The molecule has 0 aliphatic heterocycles. The number of hydrogen-bond donors (Lipinski definition) is 2. The molecule has 2 N–H and O–H groups in total. The van der Waals surface area contributed by atoms with E-state index < -0.39 is 10.0 Å². The van der Waals surface area contributed by atoms with Crippen LogP contribution in [-0.2, 0) is 10.0 Å². The van der Waals surface area contributed by atoms with Gasteiger partial charge in [-0.2, -0.15) is 5.11 Å². The van der Waals surface area contributed by atoms with E-state index in [1.54, 1.807) is 24.4 Å². The van der Waals surface area contributed by atoms with E-state index in [4.69, 9.17) is 4.52 Å². The van der Waals surface area contributed by atoms with Crippen molar-refractivity contribution in [1.29, 1.82) is 0 Å². The molecule has 9 nitrogen and oxygen atoms in total. The minimum Gasteiger partial charge on any atom is -0.357 e. The third-order valence-corrected chi connectivity index (χ3v) is 6.11. The van der Waals surface area contributed by atoms with Gasteiger partial charge in [-0.3, -0.25) is 4.72 Å². The molecule has 0 radical (unpaired) electrons. The molecular weight excluding hydrogens is 424 g/mol. The monoisotopic (exact) mass is 440 g/mol. The van der Waals surface area contributed by atoms with Gasteiger partial charge in [0.2, 0.25) is 5.82 Å². The summed E-state index contributed by atoms with van der Waals surface area (Å²) in [5, 5.41) is 17.5. The van der Waals surface area contributed by atoms with Crippen molar-refractivity contribution in [2.24, 2.45) is 10.2 Å². The standard InChI is InChI=1S/C19H16N6O3S2/c1-13-17(18(24-28-13)21-14-5-3-2-4-6-14)23-22-15-7-9-16(10-8-15)30(26,27)25-19-20-11-12-29-19/h2-12H,1H3,(H,20,25)(H,21,24). The molecule has 0 bridgehead atoms. The summed E-state index contributed by atoms with van der Waals surface area (Å²) >= 11 is 1.20. The first kappa shape index (κ1) is 19.7. The van der Waals surface area contributed by atoms with E-state index in [1.165, 1.54) is 29.7 Å². The third kappa shape index (κ3) is 4.53. The first-order chi connectivity index (χ1) is 14.5. The Labute approximate surface area is 176 Å². The summed E-state index contributed by atoms with van der Waals surface area (Å²) in [4.78, 5) is 4.02. The molecule has 4 aromatic rings. The van der Waals surface area contributed by atoms with Crippen LogP contribution in [0, 0.1) is 6.92 Å². The molecule has 0 spiro atoms. The van der Waals surface area contributed by atoms with E-state index in [-0.39, 0.29) is 4.90 Å². The third-order valence-electron chi connectivity index (χ3n) is 3.93. The zero-order valence-electron chi connectivity index (χ0n) is 15.7. The van der Waals surface area contributed by atoms with Crippen LogP contribution < -0.4 is 10.0 Å². The van der Waals surface area contributed by atoms with Crippen molar-refractivity contribution in [2.45, 2.75) is 11.8 Å². The van der Waals surface area contributed by atoms with Crippen LogP contribution in [0.4, 0.5) is 28.0 Å². The summed E-state index contributed by atoms with van der Waals surface area (Å²) in [6.07, 6.45) is 1.53. The number of para-hydroxylation sites is 1. The second-order valence-electron chi connectivity index (χ2n) is 6.06. The lowest BCUT2D eigenvalue weighted by molar-refractivity contribution is 0.400. The molecule has 0 fully saturated rings. The van der Waals surface area contributed by atoms with E-state index in [1.807, 2.05) is 30.3 Å². The highest BCUT2D eigenvalue weighted by molar-refractivity contribution is 7.93. The predicted molar refractivity (Wildman–Crippen MR) is 115 cm³/mol. The highest BCUT2D eigenvalue weighted by Gasteiger charge is 2.16. The second kappa shape index (κ2) is 8.43. The Kier molecular flexibility index (Phi) is 5.55. The molecule has 30 heavy (non-hydrogen) atoms. The first-order valence-corrected chi connectivity index (χ1v) is 11.1. The van der Waals surface area contributed by atoms with Crippen molar-refractivity contribution in [3.05, 3.63) is 71.9 Å². The van der Waals surface area contributed by atoms with Crippen LogP contribution in [0.1, 0.15) is 5.76 Å². The second-order valence-corrected chi connectivity index (χ2v) is 8.64. The van der Waals surface area contributed by atoms with E-state index in [0.29, 0.717) is 28.1 Å². The van der Waals surface area contributed by atoms with Crippen LogP contribution in [-0.4, -0.2) is 18.6 Å². The van der Waals surface area contributed by atoms with Crippen molar-refractivity contribution in [2.75, 3.05) is 10.0 Å². The number of nitrogens with zero attached hydrogens (tertiary/aromatic N) is 4. The molecule has 0 aliphatic rings. The minimum atomic E-state index is -3.72. The van der Waals surface area contributed by atoms with Crippen LogP contribution >= 0.6 is 11.3 Å². The van der Waals surface area contributed by atoms with Gasteiger partial charge in [0.15, 0.2) is 16.6 Å². The molecule has 0 saturated heterocycles. The maximum absolute atomic E-state index is 12.4. The van der Waals surface area contributed by atoms with Crippen LogP contribution in [0.15, 0.2) is 85.8 Å². The number of sulfonamides is 1. The topological polar surface area (TPSA) is 122 Å². The molecule has 4 rings (SSSR count). The fourth-order valence-electron chi connectivity index (χ4n) is 2.47. The average molecular weight is 441 g/mol. The number of benzene rings is 2. The van der Waals surface area contributed by atoms with Gasteiger partial charge in [-0.05, 0) is 43.3 Å². The molecule has 2 aromatic heterocycles. The predicted octanol–water partition coefficient (Wildman–Crippen LogP) is 5.40. The van der Waals surface area contributed by atoms with Crippen molar-refractivity contribution in [3.8, 4) is 0 Å². The van der Waals surface area contributed by atoms with Gasteiger partial charge in [0.05, 0.1) is 10.6 Å². The lowest BCUT2D eigenvalue weighted by Gasteiger charge is -2.05. The number of rotatable bonds is 7. The van der Waals surface area contributed by atoms with Crippen LogP contribution in [0.5, 0.6) is 0 Å². The molecule has 0 aliphatic carbocycles. The normalized spacial score (nSPS) is 11.6. The van der Waals surface area contributed by atoms with E-state index in [0.717, 1.165) is 5.69 Å². The number of anilines is 3. The van der Waals surface area contributed by atoms with Gasteiger partial charge in [-0.25, -0.2) is 13.4 Å². The highest BCUT2D eigenvalue weighted by atomic mass is 32.2. The van der Waals surface area contributed by atoms with Crippen molar-refractivity contribution < 1.29 is 12.9 Å². The Morgan fingerprint density at radius 1 is 1.03 bits per heavy atom. The average Bonchev–Trinajstić information content (AvgIpc) is 3.37. The zero-order valence-corrected chi connectivity index (χ0v) is 17.3. The van der Waals surface area contributed by atoms with Gasteiger partial charge in [-0.1, -0.05) is 23.4 Å². The van der Waals surface area contributed by atoms with Gasteiger partial charge in [-0.15, -0.1) is 16.5 Å². The molecule has 0 amide bonds. The largest absolute Gasteiger partial charge is 0.357 e. The van der Waals surface area contributed by atoms with Gasteiger partial charge in [0.1, 0.15) is 0 Å². The van der Waals surface area contributed by atoms with Gasteiger partial charge >= 0.3 is 0 Å². The first-order valence-electron chi connectivity index (χ1n) is 8.74. The van der Waals surface area contributed by atoms with E-state index >= 15 is 0 Å². The van der Waals surface area contributed by atoms with Crippen molar-refractivity contribution >= 4 is 49.4 Å². The molecule has 0 unspecified atom stereocenters. The Balaban J connectivity index is 1.51. The Hall–Kier alpha value is -3.57. The number of azo groups is 1. The van der Waals surface area contributed by atoms with E-state index in [2.05, 4.69) is 30.4 Å². The highest BCUT2D eigenvalue weighted by Crippen LogP contribution is 2.32. The quantitative estimate of drug-likeness (QED) is 0.371. The number of aryl methyl sites for hydroxylation is 1. The van der Waals surface area contributed by atoms with Crippen LogP contribution in [0.2, 0.25) is 0 Å². The maximum atomic E-state index is 12.4. The van der Waals surface area contributed by atoms with Gasteiger partial charge in [0, 0.05) is 17.3 Å². The molecule has 2 aromatic carbocycles. The summed E-state index contributed by atoms with van der Waals surface area (Å²) in [7, 11) is -3.72. The maximum Gasteiger partial charge on any atom is 0.263 e.